The summed E-state index contributed by atoms with van der Waals surface area (Å²) in [6, 6.07) is 4.23. The van der Waals surface area contributed by atoms with Crippen LogP contribution < -0.4 is 10.5 Å². The Labute approximate surface area is 111 Å². The van der Waals surface area contributed by atoms with Crippen LogP contribution in [0.5, 0.6) is 0 Å². The highest BCUT2D eigenvalue weighted by atomic mass is 32.2. The topological polar surface area (TPSA) is 72.2 Å². The molecule has 1 rings (SSSR count). The summed E-state index contributed by atoms with van der Waals surface area (Å²) in [6.07, 6.45) is -2.73. The second-order valence-corrected chi connectivity index (χ2v) is 5.49. The van der Waals surface area contributed by atoms with E-state index in [0.29, 0.717) is 11.1 Å². The molecule has 0 radical (unpaired) electrons. The number of sulfonamides is 1. The number of hydrogen-bond acceptors (Lipinski definition) is 3. The molecule has 0 unspecified atom stereocenters. The lowest BCUT2D eigenvalue weighted by Gasteiger charge is -2.07. The van der Waals surface area contributed by atoms with Crippen LogP contribution in [0, 0.1) is 18.8 Å². The lowest BCUT2D eigenvalue weighted by Crippen LogP contribution is -2.28. The lowest BCUT2D eigenvalue weighted by atomic mass is 10.1. The quantitative estimate of drug-likeness (QED) is 0.807. The molecule has 0 aliphatic heterocycles. The van der Waals surface area contributed by atoms with Gasteiger partial charge in [0, 0.05) is 5.56 Å². The van der Waals surface area contributed by atoms with Gasteiger partial charge in [-0.2, -0.15) is 0 Å². The zero-order valence-corrected chi connectivity index (χ0v) is 11.1. The molecular formula is C12H14F2N2O2S. The van der Waals surface area contributed by atoms with Crippen LogP contribution >= 0.6 is 0 Å². The van der Waals surface area contributed by atoms with Crippen molar-refractivity contribution in [1.29, 1.82) is 0 Å². The summed E-state index contributed by atoms with van der Waals surface area (Å²) in [5, 5.41) is 0. The molecule has 0 aliphatic carbocycles. The number of aryl methyl sites for hydroxylation is 1. The Balaban J connectivity index is 3.00. The second-order valence-electron chi connectivity index (χ2n) is 3.73. The summed E-state index contributed by atoms with van der Waals surface area (Å²) >= 11 is 0. The van der Waals surface area contributed by atoms with Crippen LogP contribution in [-0.4, -0.2) is 27.9 Å². The van der Waals surface area contributed by atoms with Crippen molar-refractivity contribution in [3.8, 4) is 11.8 Å². The molecule has 0 amide bonds. The van der Waals surface area contributed by atoms with E-state index in [-0.39, 0.29) is 11.4 Å². The number of rotatable bonds is 4. The van der Waals surface area contributed by atoms with Crippen molar-refractivity contribution in [2.45, 2.75) is 18.2 Å². The molecule has 4 nitrogen and oxygen atoms in total. The Bertz CT molecular complexity index is 604. The van der Waals surface area contributed by atoms with Gasteiger partial charge in [-0.3, -0.25) is 0 Å². The van der Waals surface area contributed by atoms with E-state index < -0.39 is 23.0 Å². The molecule has 0 aromatic heterocycles. The molecule has 0 saturated carbocycles. The van der Waals surface area contributed by atoms with Gasteiger partial charge in [0.25, 0.3) is 6.43 Å². The Morgan fingerprint density at radius 3 is 2.63 bits per heavy atom. The molecular weight excluding hydrogens is 274 g/mol. The van der Waals surface area contributed by atoms with Crippen LogP contribution in [0.15, 0.2) is 23.1 Å². The Hall–Kier alpha value is -1.49. The minimum Gasteiger partial charge on any atom is -0.320 e. The van der Waals surface area contributed by atoms with E-state index in [1.807, 2.05) is 4.72 Å². The smallest absolute Gasteiger partial charge is 0.251 e. The number of benzene rings is 1. The monoisotopic (exact) mass is 288 g/mol. The average Bonchev–Trinajstić information content (AvgIpc) is 2.35. The zero-order valence-electron chi connectivity index (χ0n) is 10.3. The predicted octanol–water partition coefficient (Wildman–Crippen LogP) is 0.849. The highest BCUT2D eigenvalue weighted by Gasteiger charge is 2.16. The van der Waals surface area contributed by atoms with Crippen LogP contribution in [0.2, 0.25) is 0 Å². The summed E-state index contributed by atoms with van der Waals surface area (Å²) in [4.78, 5) is -0.0658. The molecule has 0 bridgehead atoms. The van der Waals surface area contributed by atoms with Crippen LogP contribution in [0.25, 0.3) is 0 Å². The van der Waals surface area contributed by atoms with Gasteiger partial charge in [-0.1, -0.05) is 11.8 Å². The summed E-state index contributed by atoms with van der Waals surface area (Å²) in [5.41, 5.74) is 6.53. The number of nitrogens with one attached hydrogen (secondary N) is 1. The fourth-order valence-corrected chi connectivity index (χ4v) is 2.44. The van der Waals surface area contributed by atoms with Gasteiger partial charge in [-0.25, -0.2) is 21.9 Å². The Kier molecular flexibility index (Phi) is 5.42. The van der Waals surface area contributed by atoms with Crippen molar-refractivity contribution < 1.29 is 17.2 Å². The molecule has 1 aromatic carbocycles. The van der Waals surface area contributed by atoms with E-state index in [4.69, 9.17) is 5.73 Å². The fourth-order valence-electron chi connectivity index (χ4n) is 1.35. The van der Waals surface area contributed by atoms with Crippen LogP contribution in [0.1, 0.15) is 11.1 Å². The molecule has 0 saturated heterocycles. The third-order valence-electron chi connectivity index (χ3n) is 2.26. The number of alkyl halides is 2. The summed E-state index contributed by atoms with van der Waals surface area (Å²) < 4.78 is 49.3. The van der Waals surface area contributed by atoms with E-state index in [9.17, 15) is 17.2 Å². The maximum absolute atomic E-state index is 12.0. The minimum absolute atomic E-state index is 0.0658. The maximum atomic E-state index is 12.0. The van der Waals surface area contributed by atoms with Gasteiger partial charge in [0.15, 0.2) is 0 Å². The van der Waals surface area contributed by atoms with Gasteiger partial charge in [0.05, 0.1) is 18.0 Å². The summed E-state index contributed by atoms with van der Waals surface area (Å²) in [6.45, 7) is 0.984. The van der Waals surface area contributed by atoms with Crippen molar-refractivity contribution in [3.05, 3.63) is 29.3 Å². The van der Waals surface area contributed by atoms with Crippen molar-refractivity contribution in [2.24, 2.45) is 5.73 Å². The highest BCUT2D eigenvalue weighted by molar-refractivity contribution is 7.89. The predicted molar refractivity (Wildman–Crippen MR) is 68.3 cm³/mol. The zero-order chi connectivity index (χ0) is 14.5. The first kappa shape index (κ1) is 15.6. The van der Waals surface area contributed by atoms with E-state index in [1.54, 1.807) is 6.92 Å². The van der Waals surface area contributed by atoms with Gasteiger partial charge in [-0.15, -0.1) is 0 Å². The van der Waals surface area contributed by atoms with Gasteiger partial charge in [0.1, 0.15) is 0 Å². The molecule has 1 aromatic rings. The van der Waals surface area contributed by atoms with E-state index >= 15 is 0 Å². The molecule has 7 heteroatoms. The van der Waals surface area contributed by atoms with Crippen molar-refractivity contribution >= 4 is 10.0 Å². The van der Waals surface area contributed by atoms with Crippen molar-refractivity contribution in [2.75, 3.05) is 13.1 Å². The summed E-state index contributed by atoms with van der Waals surface area (Å²) in [7, 11) is -3.92. The van der Waals surface area contributed by atoms with Crippen LogP contribution in [0.4, 0.5) is 8.78 Å². The normalized spacial score (nSPS) is 11.2. The third-order valence-corrected chi connectivity index (χ3v) is 3.68. The molecule has 0 aliphatic rings. The fraction of sp³-hybridized carbons (Fsp3) is 0.333. The van der Waals surface area contributed by atoms with Gasteiger partial charge in [0.2, 0.25) is 10.0 Å². The van der Waals surface area contributed by atoms with Crippen molar-refractivity contribution in [3.63, 3.8) is 0 Å². The number of nitrogens with two attached hydrogens (primary N) is 1. The largest absolute Gasteiger partial charge is 0.320 e. The van der Waals surface area contributed by atoms with Gasteiger partial charge in [-0.05, 0) is 30.7 Å². The van der Waals surface area contributed by atoms with E-state index in [0.717, 1.165) is 0 Å². The number of hydrogen-bond donors (Lipinski definition) is 2. The molecule has 3 N–H and O–H groups in total. The molecule has 0 heterocycles. The number of halogens is 2. The van der Waals surface area contributed by atoms with E-state index in [1.165, 1.54) is 18.2 Å². The van der Waals surface area contributed by atoms with Crippen LogP contribution in [-0.2, 0) is 10.0 Å². The molecule has 0 fully saturated rings. The standard InChI is InChI=1S/C12H14F2N2O2S/c1-9-7-11(5-4-10(9)3-2-6-15)19(17,18)16-8-12(13)14/h4-5,7,12,16H,6,8,15H2,1H3. The molecule has 19 heavy (non-hydrogen) atoms. The van der Waals surface area contributed by atoms with E-state index in [2.05, 4.69) is 11.8 Å². The average molecular weight is 288 g/mol. The molecule has 104 valence electrons. The van der Waals surface area contributed by atoms with Crippen molar-refractivity contribution in [1.82, 2.24) is 4.72 Å². The SMILES string of the molecule is Cc1cc(S(=O)(=O)NCC(F)F)ccc1C#CCN. The van der Waals surface area contributed by atoms with Crippen LogP contribution in [0.3, 0.4) is 0 Å². The first-order valence-corrected chi connectivity index (χ1v) is 6.92. The third kappa shape index (κ3) is 4.59. The van der Waals surface area contributed by atoms with Gasteiger partial charge >= 0.3 is 0 Å². The first-order chi connectivity index (χ1) is 8.86. The Morgan fingerprint density at radius 1 is 1.42 bits per heavy atom. The lowest BCUT2D eigenvalue weighted by molar-refractivity contribution is 0.153. The summed E-state index contributed by atoms with van der Waals surface area (Å²) in [5.74, 6) is 5.45. The highest BCUT2D eigenvalue weighted by Crippen LogP contribution is 2.14. The first-order valence-electron chi connectivity index (χ1n) is 5.44. The van der Waals surface area contributed by atoms with Gasteiger partial charge < -0.3 is 5.73 Å². The molecule has 0 atom stereocenters. The second kappa shape index (κ2) is 6.61. The molecule has 0 spiro atoms. The minimum atomic E-state index is -3.92. The maximum Gasteiger partial charge on any atom is 0.251 e. The Morgan fingerprint density at radius 2 is 2.11 bits per heavy atom.